The maximum Gasteiger partial charge on any atom is 0.416 e. The van der Waals surface area contributed by atoms with Gasteiger partial charge in [0, 0.05) is 35.6 Å². The number of hydrogen-bond donors (Lipinski definition) is 0. The van der Waals surface area contributed by atoms with E-state index in [9.17, 15) is 61.5 Å². The highest BCUT2D eigenvalue weighted by molar-refractivity contribution is 5.41. The van der Waals surface area contributed by atoms with Gasteiger partial charge in [-0.25, -0.2) is 8.78 Å². The second-order valence-electron chi connectivity index (χ2n) is 16.5. The smallest absolute Gasteiger partial charge is 0.370 e. The second kappa shape index (κ2) is 19.6. The van der Waals surface area contributed by atoms with Crippen LogP contribution in [0.3, 0.4) is 0 Å². The van der Waals surface area contributed by atoms with E-state index in [2.05, 4.69) is 9.97 Å². The number of halogens is 14. The Labute approximate surface area is 381 Å². The molecule has 0 saturated heterocycles. The summed E-state index contributed by atoms with van der Waals surface area (Å²) in [5.74, 6) is -1.68. The van der Waals surface area contributed by atoms with Gasteiger partial charge in [-0.05, 0) is 146 Å². The van der Waals surface area contributed by atoms with Crippen molar-refractivity contribution in [3.8, 4) is 0 Å². The molecule has 0 bridgehead atoms. The summed E-state index contributed by atoms with van der Waals surface area (Å²) in [6, 6.07) is 21.7. The van der Waals surface area contributed by atoms with E-state index in [-0.39, 0.29) is 23.3 Å². The van der Waals surface area contributed by atoms with Crippen LogP contribution in [0.5, 0.6) is 0 Å². The van der Waals surface area contributed by atoms with Gasteiger partial charge in [0.15, 0.2) is 0 Å². The largest absolute Gasteiger partial charge is 0.416 e. The summed E-state index contributed by atoms with van der Waals surface area (Å²) >= 11 is 0. The van der Waals surface area contributed by atoms with Gasteiger partial charge in [-0.3, -0.25) is 9.97 Å². The number of nitrogens with zero attached hydrogens (tertiary/aromatic N) is 2. The van der Waals surface area contributed by atoms with Crippen LogP contribution >= 0.6 is 0 Å². The Bertz CT molecular complexity index is 2430. The zero-order chi connectivity index (χ0) is 49.3. The average molecular weight is 967 g/mol. The Morgan fingerprint density at radius 2 is 0.765 bits per heavy atom. The molecule has 0 saturated carbocycles. The summed E-state index contributed by atoms with van der Waals surface area (Å²) in [5.41, 5.74) is -1.26. The van der Waals surface area contributed by atoms with E-state index in [4.69, 9.17) is 9.47 Å². The van der Waals surface area contributed by atoms with Gasteiger partial charge in [0.1, 0.15) is 11.6 Å². The van der Waals surface area contributed by atoms with Crippen LogP contribution in [0, 0.1) is 11.6 Å². The van der Waals surface area contributed by atoms with Gasteiger partial charge in [-0.1, -0.05) is 36.4 Å². The Morgan fingerprint density at radius 1 is 0.456 bits per heavy atom. The monoisotopic (exact) mass is 966 g/mol. The highest BCUT2D eigenvalue weighted by atomic mass is 19.4. The minimum Gasteiger partial charge on any atom is -0.370 e. The number of rotatable bonds is 8. The Morgan fingerprint density at radius 3 is 1.06 bits per heavy atom. The van der Waals surface area contributed by atoms with Crippen molar-refractivity contribution in [2.75, 3.05) is 0 Å². The van der Waals surface area contributed by atoms with Crippen molar-refractivity contribution in [1.29, 1.82) is 0 Å². The van der Waals surface area contributed by atoms with E-state index >= 15 is 0 Å². The summed E-state index contributed by atoms with van der Waals surface area (Å²) in [4.78, 5) is 8.76. The molecule has 0 N–H and O–H groups in total. The number of aryl methyl sites for hydroxylation is 2. The summed E-state index contributed by atoms with van der Waals surface area (Å²) in [7, 11) is 0. The number of alkyl halides is 12. The fraction of sp³-hybridized carbons (Fsp3) is 0.320. The molecule has 4 aromatic carbocycles. The number of pyridine rings is 2. The predicted molar refractivity (Wildman–Crippen MR) is 221 cm³/mol. The minimum absolute atomic E-state index is 0.0973. The van der Waals surface area contributed by atoms with Crippen LogP contribution in [-0.4, -0.2) is 22.2 Å². The van der Waals surface area contributed by atoms with Gasteiger partial charge in [-0.2, -0.15) is 52.7 Å². The molecular formula is C50H40F14N2O2. The molecule has 18 heteroatoms. The van der Waals surface area contributed by atoms with Crippen molar-refractivity contribution in [2.24, 2.45) is 0 Å². The molecule has 2 aliphatic rings. The first kappa shape index (κ1) is 50.0. The lowest BCUT2D eigenvalue weighted by molar-refractivity contribution is -0.145. The Kier molecular flexibility index (Phi) is 14.4. The van der Waals surface area contributed by atoms with E-state index in [1.54, 1.807) is 48.8 Å². The third-order valence-corrected chi connectivity index (χ3v) is 12.0. The topological polar surface area (TPSA) is 44.2 Å². The van der Waals surface area contributed by atoms with Crippen molar-refractivity contribution in [3.63, 3.8) is 0 Å². The molecule has 2 aliphatic carbocycles. The Balaban J connectivity index is 0.000000201. The minimum atomic E-state index is -4.94. The maximum atomic E-state index is 13.5. The lowest BCUT2D eigenvalue weighted by Gasteiger charge is -2.35. The van der Waals surface area contributed by atoms with Gasteiger partial charge in [0.05, 0.1) is 46.7 Å². The molecule has 4 nitrogen and oxygen atoms in total. The average Bonchev–Trinajstić information content (AvgIpc) is 3.28. The normalized spacial score (nSPS) is 19.5. The molecule has 0 fully saturated rings. The maximum absolute atomic E-state index is 13.5. The first-order valence-corrected chi connectivity index (χ1v) is 21.1. The zero-order valence-electron chi connectivity index (χ0n) is 35.8. The van der Waals surface area contributed by atoms with Crippen LogP contribution in [0.25, 0.3) is 0 Å². The highest BCUT2D eigenvalue weighted by Crippen LogP contribution is 2.44. The molecule has 6 atom stereocenters. The summed E-state index contributed by atoms with van der Waals surface area (Å²) in [5, 5.41) is 0. The number of hydrogen-bond acceptors (Lipinski definition) is 4. The molecule has 0 radical (unpaired) electrons. The van der Waals surface area contributed by atoms with Crippen LogP contribution < -0.4 is 0 Å². The number of fused-ring (bicyclic) bond motifs is 2. The van der Waals surface area contributed by atoms with Gasteiger partial charge in [0.25, 0.3) is 0 Å². The molecule has 2 heterocycles. The standard InChI is InChI=1S/2C25H20F7NO/c2*1-14(16-11-17(24(27,28)29)13-18(12-16)25(30,31)32)34-22-9-8-21-20(3-2-10-33-21)23(22)15-4-6-19(26)7-5-15/h2*2-7,10-14,22-23H,8-9H2,1H3/t2*14-,22+,23+/m10/s1. The van der Waals surface area contributed by atoms with Gasteiger partial charge < -0.3 is 9.47 Å². The van der Waals surface area contributed by atoms with E-state index in [1.165, 1.54) is 38.1 Å². The van der Waals surface area contributed by atoms with Crippen LogP contribution in [0.4, 0.5) is 61.5 Å². The van der Waals surface area contributed by atoms with Crippen LogP contribution in [0.1, 0.15) is 118 Å². The molecular weight excluding hydrogens is 927 g/mol. The van der Waals surface area contributed by atoms with E-state index in [1.807, 2.05) is 12.1 Å². The van der Waals surface area contributed by atoms with Crippen LogP contribution in [0.15, 0.2) is 122 Å². The molecule has 6 aromatic rings. The quantitative estimate of drug-likeness (QED) is 0.143. The zero-order valence-corrected chi connectivity index (χ0v) is 35.8. The first-order valence-electron chi connectivity index (χ1n) is 21.1. The van der Waals surface area contributed by atoms with E-state index < -0.39 is 94.8 Å². The summed E-state index contributed by atoms with van der Waals surface area (Å²) < 4.78 is 199. The Hall–Kier alpha value is -5.88. The van der Waals surface area contributed by atoms with Crippen LogP contribution in [-0.2, 0) is 47.0 Å². The highest BCUT2D eigenvalue weighted by Gasteiger charge is 2.41. The van der Waals surface area contributed by atoms with Crippen molar-refractivity contribution in [2.45, 2.75) is 100 Å². The SMILES string of the molecule is C[C@@H](O[C@H]1CCc2ncccc2[C@@H]1c1ccc(F)cc1)c1cc(C(F)(F)F)cc(C(F)(F)F)c1.C[C@H](O[C@@H]1CCc2ncccc2[C@H]1c1ccc(F)cc1)c1cc(C(F)(F)F)cc(C(F)(F)F)c1. The molecule has 0 unspecified atom stereocenters. The fourth-order valence-electron chi connectivity index (χ4n) is 8.71. The van der Waals surface area contributed by atoms with E-state index in [0.717, 1.165) is 22.5 Å². The second-order valence-corrected chi connectivity index (χ2v) is 16.5. The molecule has 0 amide bonds. The van der Waals surface area contributed by atoms with Crippen molar-refractivity contribution >= 4 is 0 Å². The van der Waals surface area contributed by atoms with Gasteiger partial charge >= 0.3 is 24.7 Å². The summed E-state index contributed by atoms with van der Waals surface area (Å²) in [6.45, 7) is 2.85. The third-order valence-electron chi connectivity index (χ3n) is 12.0. The van der Waals surface area contributed by atoms with Gasteiger partial charge in [0.2, 0.25) is 0 Å². The summed E-state index contributed by atoms with van der Waals surface area (Å²) in [6.07, 6.45) is -17.8. The molecule has 0 aliphatic heterocycles. The first-order chi connectivity index (χ1) is 31.9. The fourth-order valence-corrected chi connectivity index (χ4v) is 8.71. The lowest BCUT2D eigenvalue weighted by atomic mass is 9.78. The number of aromatic nitrogens is 2. The lowest BCUT2D eigenvalue weighted by Crippen LogP contribution is -2.30. The molecule has 0 spiro atoms. The molecule has 68 heavy (non-hydrogen) atoms. The van der Waals surface area contributed by atoms with Crippen molar-refractivity contribution in [1.82, 2.24) is 9.97 Å². The van der Waals surface area contributed by atoms with E-state index in [0.29, 0.717) is 61.1 Å². The molecule has 8 rings (SSSR count). The van der Waals surface area contributed by atoms with Crippen molar-refractivity contribution < 1.29 is 70.9 Å². The molecule has 2 aromatic heterocycles. The predicted octanol–water partition coefficient (Wildman–Crippen LogP) is 15.0. The van der Waals surface area contributed by atoms with Gasteiger partial charge in [-0.15, -0.1) is 0 Å². The van der Waals surface area contributed by atoms with Crippen LogP contribution in [0.2, 0.25) is 0 Å². The molecule has 360 valence electrons. The number of benzene rings is 4. The third kappa shape index (κ3) is 11.7. The number of ether oxygens (including phenoxy) is 2. The van der Waals surface area contributed by atoms with Crippen molar-refractivity contribution in [3.05, 3.63) is 200 Å².